The summed E-state index contributed by atoms with van der Waals surface area (Å²) in [5.41, 5.74) is 12.9. The van der Waals surface area contributed by atoms with Crippen LogP contribution < -0.4 is 10.6 Å². The molecule has 1 aliphatic rings. The second kappa shape index (κ2) is 12.5. The normalized spacial score (nSPS) is 16.2. The van der Waals surface area contributed by atoms with Gasteiger partial charge in [0.25, 0.3) is 0 Å². The summed E-state index contributed by atoms with van der Waals surface area (Å²) in [6.45, 7) is 5.10. The van der Waals surface area contributed by atoms with Crippen LogP contribution in [0.2, 0.25) is 0 Å². The number of hydrogen-bond donors (Lipinski definition) is 1. The molecular formula is C42H38N4O2. The highest BCUT2D eigenvalue weighted by atomic mass is 16.2. The van der Waals surface area contributed by atoms with E-state index in [9.17, 15) is 9.59 Å². The van der Waals surface area contributed by atoms with E-state index in [1.54, 1.807) is 6.20 Å². The highest BCUT2D eigenvalue weighted by Crippen LogP contribution is 2.46. The van der Waals surface area contributed by atoms with Gasteiger partial charge in [0.2, 0.25) is 5.78 Å². The van der Waals surface area contributed by atoms with Crippen molar-refractivity contribution in [3.05, 3.63) is 174 Å². The number of carbonyl (C=O) groups is 2. The molecule has 1 unspecified atom stereocenters. The summed E-state index contributed by atoms with van der Waals surface area (Å²) in [5, 5.41) is 0.980. The lowest BCUT2D eigenvalue weighted by Gasteiger charge is -2.37. The fourth-order valence-electron chi connectivity index (χ4n) is 7.62. The van der Waals surface area contributed by atoms with E-state index in [0.29, 0.717) is 25.2 Å². The highest BCUT2D eigenvalue weighted by molar-refractivity contribution is 6.29. The fraction of sp³-hybridized carbons (Fsp3) is 0.167. The van der Waals surface area contributed by atoms with Gasteiger partial charge in [0.05, 0.1) is 23.3 Å². The van der Waals surface area contributed by atoms with Gasteiger partial charge in [-0.3, -0.25) is 19.5 Å². The van der Waals surface area contributed by atoms with Gasteiger partial charge >= 0.3 is 0 Å². The molecule has 2 heterocycles. The number of nitrogens with zero attached hydrogens (tertiary/aromatic N) is 3. The first-order chi connectivity index (χ1) is 23.4. The number of ketones is 1. The number of aromatic nitrogens is 1. The lowest BCUT2D eigenvalue weighted by Crippen LogP contribution is -2.51. The number of hydrogen-bond acceptors (Lipinski definition) is 6. The Bertz CT molecular complexity index is 1970. The van der Waals surface area contributed by atoms with Crippen molar-refractivity contribution in [2.45, 2.75) is 37.4 Å². The minimum Gasteiger partial charge on any atom is -0.397 e. The zero-order valence-electron chi connectivity index (χ0n) is 27.2. The number of nitrogens with two attached hydrogens (primary N) is 1. The molecule has 1 fully saturated rings. The van der Waals surface area contributed by atoms with E-state index in [0.717, 1.165) is 44.4 Å². The van der Waals surface area contributed by atoms with Crippen LogP contribution in [0.4, 0.5) is 11.4 Å². The molecule has 1 saturated heterocycles. The van der Waals surface area contributed by atoms with Crippen molar-refractivity contribution in [1.29, 1.82) is 0 Å². The third kappa shape index (κ3) is 5.15. The molecule has 0 bridgehead atoms. The van der Waals surface area contributed by atoms with Crippen LogP contribution in [0.25, 0.3) is 10.9 Å². The monoisotopic (exact) mass is 630 g/mol. The zero-order valence-corrected chi connectivity index (χ0v) is 27.2. The van der Waals surface area contributed by atoms with Crippen LogP contribution in [-0.4, -0.2) is 40.2 Å². The molecule has 6 heteroatoms. The minimum atomic E-state index is -0.666. The van der Waals surface area contributed by atoms with E-state index in [1.807, 2.05) is 56.3 Å². The topological polar surface area (TPSA) is 79.5 Å². The van der Waals surface area contributed by atoms with Crippen molar-refractivity contribution >= 4 is 34.3 Å². The first kappa shape index (κ1) is 31.0. The van der Waals surface area contributed by atoms with Crippen LogP contribution in [0.15, 0.2) is 146 Å². The van der Waals surface area contributed by atoms with Crippen LogP contribution in [-0.2, 0) is 21.5 Å². The number of anilines is 2. The molecule has 0 saturated carbocycles. The summed E-state index contributed by atoms with van der Waals surface area (Å²) in [7, 11) is 0. The second-order valence-corrected chi connectivity index (χ2v) is 13.0. The van der Waals surface area contributed by atoms with Gasteiger partial charge in [0.1, 0.15) is 6.04 Å². The number of benzene rings is 5. The van der Waals surface area contributed by atoms with Crippen molar-refractivity contribution in [2.75, 3.05) is 17.3 Å². The molecule has 1 aromatic heterocycles. The van der Waals surface area contributed by atoms with E-state index in [1.165, 1.54) is 0 Å². The molecule has 0 aliphatic carbocycles. The van der Waals surface area contributed by atoms with Gasteiger partial charge in [-0.2, -0.15) is 0 Å². The average Bonchev–Trinajstić information content (AvgIpc) is 3.39. The Morgan fingerprint density at radius 1 is 0.771 bits per heavy atom. The Kier molecular flexibility index (Phi) is 8.11. The Morgan fingerprint density at radius 3 is 1.85 bits per heavy atom. The lowest BCUT2D eigenvalue weighted by atomic mass is 9.65. The first-order valence-electron chi connectivity index (χ1n) is 16.3. The van der Waals surface area contributed by atoms with Crippen LogP contribution in [0.3, 0.4) is 0 Å². The van der Waals surface area contributed by atoms with Crippen molar-refractivity contribution in [3.63, 3.8) is 0 Å². The van der Waals surface area contributed by atoms with Gasteiger partial charge in [-0.15, -0.1) is 0 Å². The van der Waals surface area contributed by atoms with E-state index < -0.39 is 22.8 Å². The number of pyridine rings is 1. The van der Waals surface area contributed by atoms with Gasteiger partial charge in [-0.1, -0.05) is 115 Å². The maximum Gasteiger partial charge on any atom is 0.219 e. The summed E-state index contributed by atoms with van der Waals surface area (Å²) < 4.78 is 0. The maximum atomic E-state index is 13.4. The van der Waals surface area contributed by atoms with Crippen LogP contribution >= 0.6 is 0 Å². The molecule has 6 nitrogen and oxygen atoms in total. The van der Waals surface area contributed by atoms with Crippen LogP contribution in [0.1, 0.15) is 41.7 Å². The summed E-state index contributed by atoms with van der Waals surface area (Å²) >= 11 is 0. The number of para-hydroxylation sites is 1. The summed E-state index contributed by atoms with van der Waals surface area (Å²) in [5.74, 6) is -0.442. The molecule has 0 spiro atoms. The Hall–Kier alpha value is -5.59. The Morgan fingerprint density at radius 2 is 1.31 bits per heavy atom. The molecule has 1 aliphatic heterocycles. The van der Waals surface area contributed by atoms with Crippen molar-refractivity contribution in [1.82, 2.24) is 9.88 Å². The van der Waals surface area contributed by atoms with Gasteiger partial charge in [-0.05, 0) is 65.9 Å². The molecule has 2 N–H and O–H groups in total. The van der Waals surface area contributed by atoms with Gasteiger partial charge in [0, 0.05) is 29.4 Å². The molecule has 48 heavy (non-hydrogen) atoms. The van der Waals surface area contributed by atoms with E-state index in [-0.39, 0.29) is 0 Å². The molecule has 6 aromatic rings. The smallest absolute Gasteiger partial charge is 0.219 e. The average molecular weight is 631 g/mol. The Labute approximate surface area is 281 Å². The van der Waals surface area contributed by atoms with Crippen LogP contribution in [0, 0.1) is 0 Å². The van der Waals surface area contributed by atoms with E-state index in [4.69, 9.17) is 5.73 Å². The second-order valence-electron chi connectivity index (χ2n) is 13.0. The highest BCUT2D eigenvalue weighted by Gasteiger charge is 2.50. The standard InChI is InChI=1S/C42H38N4O2/c1-41(2)40(38(48)28-47)46(29-45(41)27-30-25-26-44-39-36(30)19-12-20-37(39)43)35-23-21-34(22-24-35)42(31-13-6-3-7-14-31,32-15-8-4-9-16-32)33-17-10-5-11-18-33/h3-26,28,40H,27,29,43H2,1-2H3. The third-order valence-electron chi connectivity index (χ3n) is 10.0. The first-order valence-corrected chi connectivity index (χ1v) is 16.3. The number of rotatable bonds is 9. The maximum absolute atomic E-state index is 13.4. The van der Waals surface area contributed by atoms with Gasteiger partial charge in [0.15, 0.2) is 6.29 Å². The molecule has 5 aromatic carbocycles. The number of fused-ring (bicyclic) bond motifs is 1. The predicted octanol–water partition coefficient (Wildman–Crippen LogP) is 7.39. The summed E-state index contributed by atoms with van der Waals surface area (Å²) in [6.07, 6.45) is 2.24. The predicted molar refractivity (Wildman–Crippen MR) is 193 cm³/mol. The molecule has 0 amide bonds. The quantitative estimate of drug-likeness (QED) is 0.0777. The number of Topliss-reactive ketones (excluding diaryl/α,β-unsaturated/α-hetero) is 1. The fourth-order valence-corrected chi connectivity index (χ4v) is 7.62. The van der Waals surface area contributed by atoms with E-state index in [2.05, 4.69) is 112 Å². The largest absolute Gasteiger partial charge is 0.397 e. The molecule has 238 valence electrons. The summed E-state index contributed by atoms with van der Waals surface area (Å²) in [6, 6.07) is 47.4. The van der Waals surface area contributed by atoms with Crippen molar-refractivity contribution in [2.24, 2.45) is 0 Å². The number of carbonyl (C=O) groups excluding carboxylic acids is 2. The molecule has 0 radical (unpaired) electrons. The molecular weight excluding hydrogens is 592 g/mol. The van der Waals surface area contributed by atoms with Crippen LogP contribution in [0.5, 0.6) is 0 Å². The minimum absolute atomic E-state index is 0.442. The molecule has 1 atom stereocenters. The SMILES string of the molecule is CC1(C)C(C(=O)C=O)N(c2ccc(C(c3ccccc3)(c3ccccc3)c3ccccc3)cc2)CN1Cc1ccnc2c(N)cccc12. The van der Waals surface area contributed by atoms with E-state index >= 15 is 0 Å². The van der Waals surface area contributed by atoms with Gasteiger partial charge in [-0.25, -0.2) is 0 Å². The molecule has 7 rings (SSSR count). The van der Waals surface area contributed by atoms with Crippen molar-refractivity contribution in [3.8, 4) is 0 Å². The Balaban J connectivity index is 1.32. The van der Waals surface area contributed by atoms with Crippen molar-refractivity contribution < 1.29 is 9.59 Å². The van der Waals surface area contributed by atoms with Gasteiger partial charge < -0.3 is 10.6 Å². The number of nitrogen functional groups attached to an aromatic ring is 1. The lowest BCUT2D eigenvalue weighted by molar-refractivity contribution is -0.131. The number of aldehydes is 1. The third-order valence-corrected chi connectivity index (χ3v) is 10.0. The zero-order chi connectivity index (χ0) is 33.3. The summed E-state index contributed by atoms with van der Waals surface area (Å²) in [4.78, 5) is 34.3.